The Bertz CT molecular complexity index is 903. The third kappa shape index (κ3) is 7.17. The Morgan fingerprint density at radius 1 is 1.24 bits per heavy atom. The van der Waals surface area contributed by atoms with E-state index in [1.807, 2.05) is 19.1 Å². The van der Waals surface area contributed by atoms with Gasteiger partial charge in [-0.05, 0) is 98.9 Å². The zero-order valence-corrected chi connectivity index (χ0v) is 21.6. The van der Waals surface area contributed by atoms with Gasteiger partial charge in [0, 0.05) is 12.6 Å². The van der Waals surface area contributed by atoms with Gasteiger partial charge in [0.05, 0.1) is 11.9 Å². The van der Waals surface area contributed by atoms with E-state index >= 15 is 0 Å². The monoisotopic (exact) mass is 481 g/mol. The summed E-state index contributed by atoms with van der Waals surface area (Å²) in [5.74, 6) is 1.87. The molecule has 1 heterocycles. The fraction of sp³-hybridized carbons (Fsp3) is 0.769. The normalized spacial score (nSPS) is 28.9. The number of likely N-dealkylation sites (tertiary alicyclic amines) is 1. The molecule has 2 fully saturated rings. The standard InChI is InChI=1S/C25H39NO2.CH4O3S/c1-4-5-11-24(2,28)12-10-21-23-15-19-8-9-20(27)16-22(19)25(21,3)13-14-26(23)17-18-6-7-18;1-5(2,3)4/h8-9,16,18,21,23,27-28H,4-7,10-15,17H2,1-3H3;1H3,(H,2,3,4)/t21-,23-,24?,25+;/m1./s1. The lowest BCUT2D eigenvalue weighted by Gasteiger charge is -2.56. The number of rotatable bonds is 8. The molecule has 2 aliphatic carbocycles. The van der Waals surface area contributed by atoms with Gasteiger partial charge < -0.3 is 10.2 Å². The zero-order chi connectivity index (χ0) is 24.4. The number of benzene rings is 1. The van der Waals surface area contributed by atoms with Gasteiger partial charge in [-0.25, -0.2) is 0 Å². The third-order valence-corrected chi connectivity index (χ3v) is 8.06. The van der Waals surface area contributed by atoms with Crippen molar-refractivity contribution in [1.82, 2.24) is 4.90 Å². The van der Waals surface area contributed by atoms with Crippen molar-refractivity contribution in [3.05, 3.63) is 29.3 Å². The minimum absolute atomic E-state index is 0.109. The molecule has 0 amide bonds. The van der Waals surface area contributed by atoms with E-state index in [1.165, 1.54) is 37.1 Å². The molecule has 6 nitrogen and oxygen atoms in total. The molecule has 188 valence electrons. The van der Waals surface area contributed by atoms with Crippen LogP contribution in [0, 0.1) is 11.8 Å². The van der Waals surface area contributed by atoms with E-state index in [4.69, 9.17) is 4.55 Å². The number of aliphatic hydroxyl groups is 1. The van der Waals surface area contributed by atoms with E-state index in [1.54, 1.807) is 0 Å². The van der Waals surface area contributed by atoms with Crippen molar-refractivity contribution in [2.24, 2.45) is 11.8 Å². The van der Waals surface area contributed by atoms with Crippen LogP contribution in [0.3, 0.4) is 0 Å². The Morgan fingerprint density at radius 3 is 2.52 bits per heavy atom. The van der Waals surface area contributed by atoms with Gasteiger partial charge in [0.1, 0.15) is 5.75 Å². The van der Waals surface area contributed by atoms with E-state index in [9.17, 15) is 18.6 Å². The molecule has 0 spiro atoms. The van der Waals surface area contributed by atoms with E-state index < -0.39 is 15.7 Å². The maximum atomic E-state index is 10.9. The van der Waals surface area contributed by atoms with Crippen molar-refractivity contribution in [3.63, 3.8) is 0 Å². The largest absolute Gasteiger partial charge is 0.508 e. The molecule has 3 aliphatic rings. The lowest BCUT2D eigenvalue weighted by Crippen LogP contribution is -2.59. The summed E-state index contributed by atoms with van der Waals surface area (Å²) in [4.78, 5) is 2.78. The van der Waals surface area contributed by atoms with Crippen LogP contribution < -0.4 is 0 Å². The molecule has 3 N–H and O–H groups in total. The molecule has 33 heavy (non-hydrogen) atoms. The Hall–Kier alpha value is -1.15. The first-order valence-electron chi connectivity index (χ1n) is 12.5. The van der Waals surface area contributed by atoms with E-state index in [2.05, 4.69) is 24.8 Å². The van der Waals surface area contributed by atoms with Crippen molar-refractivity contribution < 1.29 is 23.2 Å². The number of hydrogen-bond acceptors (Lipinski definition) is 5. The molecule has 1 unspecified atom stereocenters. The Balaban J connectivity index is 0.000000555. The number of hydrogen-bond donors (Lipinski definition) is 3. The van der Waals surface area contributed by atoms with E-state index in [-0.39, 0.29) is 5.41 Å². The van der Waals surface area contributed by atoms with Crippen molar-refractivity contribution in [2.75, 3.05) is 19.3 Å². The maximum Gasteiger partial charge on any atom is 0.261 e. The lowest BCUT2D eigenvalue weighted by molar-refractivity contribution is -0.0132. The average molecular weight is 482 g/mol. The molecule has 4 atom stereocenters. The molecule has 4 rings (SSSR count). The first kappa shape index (κ1) is 26.5. The van der Waals surface area contributed by atoms with E-state index in [0.717, 1.165) is 50.9 Å². The van der Waals surface area contributed by atoms with Gasteiger partial charge in [-0.15, -0.1) is 0 Å². The smallest absolute Gasteiger partial charge is 0.261 e. The van der Waals surface area contributed by atoms with Gasteiger partial charge in [-0.1, -0.05) is 32.8 Å². The maximum absolute atomic E-state index is 10.9. The summed E-state index contributed by atoms with van der Waals surface area (Å²) in [6, 6.07) is 6.63. The average Bonchev–Trinajstić information content (AvgIpc) is 3.51. The molecule has 2 bridgehead atoms. The fourth-order valence-corrected chi connectivity index (χ4v) is 6.03. The van der Waals surface area contributed by atoms with Crippen LogP contribution in [-0.4, -0.2) is 59.1 Å². The summed E-state index contributed by atoms with van der Waals surface area (Å²) in [5.41, 5.74) is 2.35. The minimum Gasteiger partial charge on any atom is -0.508 e. The highest BCUT2D eigenvalue weighted by Crippen LogP contribution is 2.52. The van der Waals surface area contributed by atoms with Gasteiger partial charge in [-0.2, -0.15) is 8.42 Å². The first-order chi connectivity index (χ1) is 15.3. The number of unbranched alkanes of at least 4 members (excludes halogenated alkanes) is 1. The summed E-state index contributed by atoms with van der Waals surface area (Å²) in [5, 5.41) is 21.1. The molecule has 1 aromatic rings. The van der Waals surface area contributed by atoms with Crippen LogP contribution in [-0.2, 0) is 22.0 Å². The van der Waals surface area contributed by atoms with Gasteiger partial charge in [0.25, 0.3) is 10.1 Å². The predicted molar refractivity (Wildman–Crippen MR) is 132 cm³/mol. The van der Waals surface area contributed by atoms with Crippen LogP contribution in [0.15, 0.2) is 18.2 Å². The Kier molecular flexibility index (Phi) is 8.20. The van der Waals surface area contributed by atoms with E-state index in [0.29, 0.717) is 24.0 Å². The summed E-state index contributed by atoms with van der Waals surface area (Å²) < 4.78 is 25.9. The topological polar surface area (TPSA) is 98.1 Å². The van der Waals surface area contributed by atoms with Gasteiger partial charge >= 0.3 is 0 Å². The molecule has 1 saturated heterocycles. The summed E-state index contributed by atoms with van der Waals surface area (Å²) in [6.45, 7) is 9.09. The van der Waals surface area contributed by atoms with Crippen LogP contribution in [0.2, 0.25) is 0 Å². The van der Waals surface area contributed by atoms with Crippen molar-refractivity contribution in [2.45, 2.75) is 95.6 Å². The number of piperidine rings is 1. The molecule has 0 radical (unpaired) electrons. The molecular formula is C26H43NO5S. The van der Waals surface area contributed by atoms with Gasteiger partial charge in [0.15, 0.2) is 0 Å². The highest BCUT2D eigenvalue weighted by molar-refractivity contribution is 7.85. The molecule has 1 saturated carbocycles. The van der Waals surface area contributed by atoms with Crippen LogP contribution in [0.25, 0.3) is 0 Å². The molecule has 1 aromatic carbocycles. The highest BCUT2D eigenvalue weighted by atomic mass is 32.2. The van der Waals surface area contributed by atoms with Crippen LogP contribution in [0.1, 0.15) is 83.3 Å². The molecule has 7 heteroatoms. The van der Waals surface area contributed by atoms with Crippen LogP contribution >= 0.6 is 0 Å². The van der Waals surface area contributed by atoms with Crippen molar-refractivity contribution in [1.29, 1.82) is 0 Å². The number of phenols is 1. The summed E-state index contributed by atoms with van der Waals surface area (Å²) in [6.07, 6.45) is 10.9. The first-order valence-corrected chi connectivity index (χ1v) is 14.4. The number of phenolic OH excluding ortho intramolecular Hbond substituents is 1. The third-order valence-electron chi connectivity index (χ3n) is 8.06. The molecular weight excluding hydrogens is 438 g/mol. The van der Waals surface area contributed by atoms with Crippen LogP contribution in [0.5, 0.6) is 5.75 Å². The number of nitrogens with zero attached hydrogens (tertiary/aromatic N) is 1. The molecule has 0 aromatic heterocycles. The SMILES string of the molecule is CCCCC(C)(O)CC[C@@H]1[C@H]2Cc3ccc(O)cc3[C@@]1(C)CCN2CC1CC1.CS(=O)(=O)O. The number of fused-ring (bicyclic) bond motifs is 4. The van der Waals surface area contributed by atoms with Crippen molar-refractivity contribution in [3.8, 4) is 5.75 Å². The predicted octanol–water partition coefficient (Wildman–Crippen LogP) is 4.53. The Morgan fingerprint density at radius 2 is 1.91 bits per heavy atom. The van der Waals surface area contributed by atoms with Gasteiger partial charge in [-0.3, -0.25) is 9.45 Å². The second-order valence-corrected chi connectivity index (χ2v) is 12.7. The second kappa shape index (κ2) is 10.2. The van der Waals surface area contributed by atoms with Crippen LogP contribution in [0.4, 0.5) is 0 Å². The summed E-state index contributed by atoms with van der Waals surface area (Å²) >= 11 is 0. The highest BCUT2D eigenvalue weighted by Gasteiger charge is 2.51. The molecule has 1 aliphatic heterocycles. The Labute approximate surface area is 200 Å². The van der Waals surface area contributed by atoms with Gasteiger partial charge in [0.2, 0.25) is 0 Å². The van der Waals surface area contributed by atoms with Crippen molar-refractivity contribution >= 4 is 10.1 Å². The zero-order valence-electron chi connectivity index (χ0n) is 20.8. The fourth-order valence-electron chi connectivity index (χ4n) is 6.03. The quantitative estimate of drug-likeness (QED) is 0.472. The summed E-state index contributed by atoms with van der Waals surface area (Å²) in [7, 11) is -3.67. The number of aromatic hydroxyl groups is 1. The lowest BCUT2D eigenvalue weighted by atomic mass is 9.56. The minimum atomic E-state index is -3.67. The second-order valence-electron chi connectivity index (χ2n) is 11.2.